The van der Waals surface area contributed by atoms with E-state index in [4.69, 9.17) is 5.26 Å². The first-order valence-corrected chi connectivity index (χ1v) is 6.66. The van der Waals surface area contributed by atoms with Crippen molar-refractivity contribution in [2.24, 2.45) is 0 Å². The standard InChI is InChI=1S/C13H8INS/c14-12-5-3-10(4-6-12)11(9-15)8-13-2-1-7-16-13/h1-8H/b11-8-. The lowest BCUT2D eigenvalue weighted by Gasteiger charge is -1.98. The van der Waals surface area contributed by atoms with Crippen LogP contribution < -0.4 is 0 Å². The van der Waals surface area contributed by atoms with Crippen LogP contribution in [0.5, 0.6) is 0 Å². The van der Waals surface area contributed by atoms with E-state index in [0.717, 1.165) is 10.4 Å². The second kappa shape index (κ2) is 5.28. The van der Waals surface area contributed by atoms with E-state index in [0.29, 0.717) is 5.57 Å². The molecule has 1 heterocycles. The van der Waals surface area contributed by atoms with E-state index in [1.165, 1.54) is 3.57 Å². The van der Waals surface area contributed by atoms with Crippen LogP contribution in [0.15, 0.2) is 41.8 Å². The Labute approximate surface area is 112 Å². The third kappa shape index (κ3) is 2.71. The molecule has 0 aliphatic heterocycles. The quantitative estimate of drug-likeness (QED) is 0.588. The molecule has 2 rings (SSSR count). The number of nitrogens with zero attached hydrogens (tertiary/aromatic N) is 1. The van der Waals surface area contributed by atoms with Crippen molar-refractivity contribution in [3.8, 4) is 6.07 Å². The molecule has 0 amide bonds. The molecule has 0 atom stereocenters. The summed E-state index contributed by atoms with van der Waals surface area (Å²) in [6.45, 7) is 0. The molecule has 0 saturated carbocycles. The monoisotopic (exact) mass is 337 g/mol. The molecule has 1 aromatic heterocycles. The molecular formula is C13H8INS. The Kier molecular flexibility index (Phi) is 3.75. The molecule has 3 heteroatoms. The molecule has 1 nitrogen and oxygen atoms in total. The number of rotatable bonds is 2. The minimum absolute atomic E-state index is 0.707. The summed E-state index contributed by atoms with van der Waals surface area (Å²) in [5.74, 6) is 0. The van der Waals surface area contributed by atoms with Crippen LogP contribution in [-0.4, -0.2) is 0 Å². The van der Waals surface area contributed by atoms with Gasteiger partial charge in [0.15, 0.2) is 0 Å². The van der Waals surface area contributed by atoms with E-state index in [2.05, 4.69) is 28.7 Å². The lowest BCUT2D eigenvalue weighted by atomic mass is 10.1. The van der Waals surface area contributed by atoms with Gasteiger partial charge in [-0.15, -0.1) is 11.3 Å². The van der Waals surface area contributed by atoms with Crippen LogP contribution in [0.3, 0.4) is 0 Å². The van der Waals surface area contributed by atoms with Crippen molar-refractivity contribution >= 4 is 45.6 Å². The Morgan fingerprint density at radius 2 is 2.00 bits per heavy atom. The number of allylic oxidation sites excluding steroid dienone is 1. The predicted molar refractivity (Wildman–Crippen MR) is 77.0 cm³/mol. The van der Waals surface area contributed by atoms with Crippen molar-refractivity contribution in [2.75, 3.05) is 0 Å². The minimum atomic E-state index is 0.707. The highest BCUT2D eigenvalue weighted by atomic mass is 127. The summed E-state index contributed by atoms with van der Waals surface area (Å²) < 4.78 is 1.18. The maximum absolute atomic E-state index is 9.13. The van der Waals surface area contributed by atoms with E-state index < -0.39 is 0 Å². The topological polar surface area (TPSA) is 23.8 Å². The molecule has 0 aliphatic carbocycles. The maximum atomic E-state index is 9.13. The Morgan fingerprint density at radius 1 is 1.25 bits per heavy atom. The normalized spacial score (nSPS) is 11.1. The van der Waals surface area contributed by atoms with Crippen molar-refractivity contribution in [3.05, 3.63) is 55.8 Å². The van der Waals surface area contributed by atoms with Crippen molar-refractivity contribution in [1.82, 2.24) is 0 Å². The second-order valence-corrected chi connectivity index (χ2v) is 5.42. The molecule has 78 valence electrons. The number of halogens is 1. The third-order valence-corrected chi connectivity index (χ3v) is 3.64. The zero-order valence-electron chi connectivity index (χ0n) is 8.35. The summed E-state index contributed by atoms with van der Waals surface area (Å²) >= 11 is 3.89. The van der Waals surface area contributed by atoms with Crippen molar-refractivity contribution in [1.29, 1.82) is 5.26 Å². The zero-order chi connectivity index (χ0) is 11.4. The van der Waals surface area contributed by atoms with Gasteiger partial charge in [0.1, 0.15) is 0 Å². The summed E-state index contributed by atoms with van der Waals surface area (Å²) in [5.41, 5.74) is 1.68. The Balaban J connectivity index is 2.37. The SMILES string of the molecule is N#C/C(=C/c1cccs1)c1ccc(I)cc1. The summed E-state index contributed by atoms with van der Waals surface area (Å²) in [7, 11) is 0. The average Bonchev–Trinajstić information content (AvgIpc) is 2.80. The second-order valence-electron chi connectivity index (χ2n) is 3.19. The van der Waals surface area contributed by atoms with Crippen molar-refractivity contribution < 1.29 is 0 Å². The van der Waals surface area contributed by atoms with E-state index in [1.54, 1.807) is 11.3 Å². The number of hydrogen-bond donors (Lipinski definition) is 0. The molecule has 1 aromatic carbocycles. The molecule has 0 bridgehead atoms. The molecule has 0 saturated heterocycles. The Hall–Kier alpha value is -1.12. The molecule has 0 spiro atoms. The zero-order valence-corrected chi connectivity index (χ0v) is 11.3. The highest BCUT2D eigenvalue weighted by Gasteiger charge is 2.01. The van der Waals surface area contributed by atoms with Crippen molar-refractivity contribution in [3.63, 3.8) is 0 Å². The van der Waals surface area contributed by atoms with Gasteiger partial charge in [-0.05, 0) is 57.8 Å². The lowest BCUT2D eigenvalue weighted by molar-refractivity contribution is 1.52. The molecule has 0 unspecified atom stereocenters. The van der Waals surface area contributed by atoms with Crippen molar-refractivity contribution in [2.45, 2.75) is 0 Å². The van der Waals surface area contributed by atoms with Crippen LogP contribution in [0.25, 0.3) is 11.6 Å². The fraction of sp³-hybridized carbons (Fsp3) is 0. The Morgan fingerprint density at radius 3 is 2.56 bits per heavy atom. The summed E-state index contributed by atoms with van der Waals surface area (Å²) in [6, 6.07) is 14.2. The number of hydrogen-bond acceptors (Lipinski definition) is 2. The van der Waals surface area contributed by atoms with E-state index in [9.17, 15) is 0 Å². The fourth-order valence-electron chi connectivity index (χ4n) is 1.33. The summed E-state index contributed by atoms with van der Waals surface area (Å²) in [5, 5.41) is 11.1. The van der Waals surface area contributed by atoms with Crippen LogP contribution in [-0.2, 0) is 0 Å². The Bertz CT molecular complexity index is 532. The number of nitriles is 1. The highest BCUT2D eigenvalue weighted by Crippen LogP contribution is 2.21. The van der Waals surface area contributed by atoms with Gasteiger partial charge in [-0.2, -0.15) is 5.26 Å². The molecule has 16 heavy (non-hydrogen) atoms. The third-order valence-electron chi connectivity index (χ3n) is 2.11. The van der Waals surface area contributed by atoms with Gasteiger partial charge in [0.25, 0.3) is 0 Å². The fourth-order valence-corrected chi connectivity index (χ4v) is 2.34. The van der Waals surface area contributed by atoms with Crippen LogP contribution >= 0.6 is 33.9 Å². The smallest absolute Gasteiger partial charge is 0.0998 e. The van der Waals surface area contributed by atoms with Gasteiger partial charge in [-0.3, -0.25) is 0 Å². The first-order chi connectivity index (χ1) is 7.79. The average molecular weight is 337 g/mol. The molecule has 0 aliphatic rings. The largest absolute Gasteiger partial charge is 0.192 e. The van der Waals surface area contributed by atoms with Gasteiger partial charge in [0.05, 0.1) is 11.6 Å². The predicted octanol–water partition coefficient (Wildman–Crippen LogP) is 4.42. The van der Waals surface area contributed by atoms with E-state index in [1.807, 2.05) is 47.9 Å². The molecule has 2 aromatic rings. The van der Waals surface area contributed by atoms with Crippen LogP contribution in [0, 0.1) is 14.9 Å². The summed E-state index contributed by atoms with van der Waals surface area (Å²) in [6.07, 6.45) is 1.92. The number of thiophene rings is 1. The molecular weight excluding hydrogens is 329 g/mol. The van der Waals surface area contributed by atoms with Gasteiger partial charge in [0.2, 0.25) is 0 Å². The van der Waals surface area contributed by atoms with Gasteiger partial charge < -0.3 is 0 Å². The lowest BCUT2D eigenvalue weighted by Crippen LogP contribution is -1.81. The molecule has 0 fully saturated rings. The molecule has 0 radical (unpaired) electrons. The van der Waals surface area contributed by atoms with Gasteiger partial charge in [-0.1, -0.05) is 18.2 Å². The first-order valence-electron chi connectivity index (χ1n) is 4.71. The van der Waals surface area contributed by atoms with E-state index >= 15 is 0 Å². The minimum Gasteiger partial charge on any atom is -0.192 e. The van der Waals surface area contributed by atoms with Gasteiger partial charge in [0, 0.05) is 8.45 Å². The summed E-state index contributed by atoms with van der Waals surface area (Å²) in [4.78, 5) is 1.11. The number of benzene rings is 1. The molecule has 0 N–H and O–H groups in total. The maximum Gasteiger partial charge on any atom is 0.0998 e. The van der Waals surface area contributed by atoms with Crippen LogP contribution in [0.2, 0.25) is 0 Å². The first kappa shape index (κ1) is 11.4. The van der Waals surface area contributed by atoms with Crippen LogP contribution in [0.1, 0.15) is 10.4 Å². The van der Waals surface area contributed by atoms with Gasteiger partial charge >= 0.3 is 0 Å². The van der Waals surface area contributed by atoms with E-state index in [-0.39, 0.29) is 0 Å². The van der Waals surface area contributed by atoms with Crippen LogP contribution in [0.4, 0.5) is 0 Å². The highest BCUT2D eigenvalue weighted by molar-refractivity contribution is 14.1. The van der Waals surface area contributed by atoms with Gasteiger partial charge in [-0.25, -0.2) is 0 Å².